The van der Waals surface area contributed by atoms with Gasteiger partial charge in [0.15, 0.2) is 0 Å². The number of phenols is 1. The number of benzene rings is 1. The fraction of sp³-hybridized carbons (Fsp3) is 0.500. The van der Waals surface area contributed by atoms with Crippen molar-refractivity contribution >= 4 is 0 Å². The molecular weight excluding hydrogens is 209 g/mol. The molecule has 90 valence electrons. The molecular formula is C12H18FNO2. The Morgan fingerprint density at radius 3 is 2.75 bits per heavy atom. The molecule has 0 aliphatic heterocycles. The first kappa shape index (κ1) is 12.9. The Balaban J connectivity index is 2.37. The molecule has 0 aliphatic rings. The summed E-state index contributed by atoms with van der Waals surface area (Å²) < 4.78 is 12.9. The highest BCUT2D eigenvalue weighted by Gasteiger charge is 2.03. The number of hydrogen-bond donors (Lipinski definition) is 3. The van der Waals surface area contributed by atoms with Gasteiger partial charge in [0, 0.05) is 19.2 Å². The van der Waals surface area contributed by atoms with E-state index in [9.17, 15) is 9.50 Å². The fourth-order valence-electron chi connectivity index (χ4n) is 1.55. The average Bonchev–Trinajstić information content (AvgIpc) is 2.16. The molecule has 0 radical (unpaired) electrons. The lowest BCUT2D eigenvalue weighted by atomic mass is 10.2. The topological polar surface area (TPSA) is 52.5 Å². The first-order valence-corrected chi connectivity index (χ1v) is 5.49. The van der Waals surface area contributed by atoms with Crippen LogP contribution in [0.15, 0.2) is 18.2 Å². The molecule has 1 rings (SSSR count). The summed E-state index contributed by atoms with van der Waals surface area (Å²) in [5.74, 6) is -0.531. The summed E-state index contributed by atoms with van der Waals surface area (Å²) in [7, 11) is 0. The third-order valence-corrected chi connectivity index (χ3v) is 2.27. The second kappa shape index (κ2) is 6.45. The van der Waals surface area contributed by atoms with Gasteiger partial charge in [-0.05, 0) is 24.1 Å². The van der Waals surface area contributed by atoms with E-state index >= 15 is 0 Å². The Morgan fingerprint density at radius 1 is 1.38 bits per heavy atom. The quantitative estimate of drug-likeness (QED) is 0.694. The van der Waals surface area contributed by atoms with Gasteiger partial charge in [-0.3, -0.25) is 0 Å². The van der Waals surface area contributed by atoms with E-state index in [1.54, 1.807) is 0 Å². The van der Waals surface area contributed by atoms with Gasteiger partial charge in [0.05, 0.1) is 6.10 Å². The van der Waals surface area contributed by atoms with Crippen LogP contribution in [0.4, 0.5) is 4.39 Å². The van der Waals surface area contributed by atoms with Crippen LogP contribution in [0, 0.1) is 5.82 Å². The molecule has 3 nitrogen and oxygen atoms in total. The smallest absolute Gasteiger partial charge is 0.127 e. The molecule has 4 heteroatoms. The van der Waals surface area contributed by atoms with Crippen LogP contribution in [-0.4, -0.2) is 22.9 Å². The van der Waals surface area contributed by atoms with Crippen molar-refractivity contribution in [1.29, 1.82) is 0 Å². The monoisotopic (exact) mass is 227 g/mol. The van der Waals surface area contributed by atoms with Crippen LogP contribution in [-0.2, 0) is 6.54 Å². The highest BCUT2D eigenvalue weighted by molar-refractivity contribution is 5.28. The van der Waals surface area contributed by atoms with Gasteiger partial charge >= 0.3 is 0 Å². The molecule has 0 fully saturated rings. The van der Waals surface area contributed by atoms with Gasteiger partial charge in [-0.2, -0.15) is 0 Å². The zero-order valence-corrected chi connectivity index (χ0v) is 9.41. The number of halogens is 1. The van der Waals surface area contributed by atoms with Crippen molar-refractivity contribution in [3.63, 3.8) is 0 Å². The minimum atomic E-state index is -0.453. The summed E-state index contributed by atoms with van der Waals surface area (Å²) in [4.78, 5) is 0. The van der Waals surface area contributed by atoms with Crippen molar-refractivity contribution in [2.24, 2.45) is 0 Å². The van der Waals surface area contributed by atoms with Crippen molar-refractivity contribution in [3.05, 3.63) is 29.6 Å². The Bertz CT molecular complexity index is 311. The first-order valence-electron chi connectivity index (χ1n) is 5.49. The highest BCUT2D eigenvalue weighted by Crippen LogP contribution is 2.14. The fourth-order valence-corrected chi connectivity index (χ4v) is 1.55. The molecule has 1 unspecified atom stereocenters. The molecule has 0 heterocycles. The van der Waals surface area contributed by atoms with Gasteiger partial charge in [0.25, 0.3) is 0 Å². The van der Waals surface area contributed by atoms with Crippen molar-refractivity contribution in [1.82, 2.24) is 5.32 Å². The van der Waals surface area contributed by atoms with Gasteiger partial charge < -0.3 is 15.5 Å². The van der Waals surface area contributed by atoms with Crippen LogP contribution < -0.4 is 5.32 Å². The predicted molar refractivity (Wildman–Crippen MR) is 60.7 cm³/mol. The summed E-state index contributed by atoms with van der Waals surface area (Å²) in [5, 5.41) is 21.6. The molecule has 0 saturated heterocycles. The van der Waals surface area contributed by atoms with Crippen LogP contribution in [0.1, 0.15) is 25.3 Å². The molecule has 0 saturated carbocycles. The average molecular weight is 227 g/mol. The van der Waals surface area contributed by atoms with Crippen LogP contribution in [0.25, 0.3) is 0 Å². The number of aliphatic hydroxyl groups is 1. The predicted octanol–water partition coefficient (Wildman–Crippen LogP) is 1.78. The Kier molecular flexibility index (Phi) is 5.22. The molecule has 1 aromatic carbocycles. The summed E-state index contributed by atoms with van der Waals surface area (Å²) in [6, 6.07) is 3.93. The maximum absolute atomic E-state index is 12.9. The van der Waals surface area contributed by atoms with E-state index < -0.39 is 5.82 Å². The molecule has 16 heavy (non-hydrogen) atoms. The van der Waals surface area contributed by atoms with Gasteiger partial charge in [-0.15, -0.1) is 0 Å². The van der Waals surface area contributed by atoms with Crippen LogP contribution in [0.3, 0.4) is 0 Å². The summed E-state index contributed by atoms with van der Waals surface area (Å²) in [5.41, 5.74) is 0.668. The molecule has 0 aliphatic carbocycles. The molecule has 0 spiro atoms. The third kappa shape index (κ3) is 4.59. The number of aliphatic hydroxyl groups excluding tert-OH is 1. The number of rotatable bonds is 6. The molecule has 0 amide bonds. The molecule has 0 bridgehead atoms. The lowest BCUT2D eigenvalue weighted by Gasteiger charge is -2.10. The van der Waals surface area contributed by atoms with Crippen molar-refractivity contribution in [2.75, 3.05) is 6.54 Å². The summed E-state index contributed by atoms with van der Waals surface area (Å²) in [6.07, 6.45) is 1.32. The van der Waals surface area contributed by atoms with Gasteiger partial charge in [0.2, 0.25) is 0 Å². The second-order valence-electron chi connectivity index (χ2n) is 3.89. The minimum Gasteiger partial charge on any atom is -0.508 e. The maximum atomic E-state index is 12.9. The molecule has 1 aromatic rings. The largest absolute Gasteiger partial charge is 0.508 e. The lowest BCUT2D eigenvalue weighted by molar-refractivity contribution is 0.160. The number of phenolic OH excluding ortho intramolecular Hbond substituents is 1. The normalized spacial score (nSPS) is 12.7. The minimum absolute atomic E-state index is 0.0779. The van der Waals surface area contributed by atoms with Gasteiger partial charge in [-0.25, -0.2) is 4.39 Å². The molecule has 1 atom stereocenters. The van der Waals surface area contributed by atoms with E-state index in [2.05, 4.69) is 5.32 Å². The zero-order chi connectivity index (χ0) is 12.0. The number of aromatic hydroxyl groups is 1. The van der Waals surface area contributed by atoms with Crippen molar-refractivity contribution < 1.29 is 14.6 Å². The van der Waals surface area contributed by atoms with E-state index in [-0.39, 0.29) is 11.9 Å². The van der Waals surface area contributed by atoms with Crippen LogP contribution >= 0.6 is 0 Å². The van der Waals surface area contributed by atoms with E-state index in [1.807, 2.05) is 6.92 Å². The Hall–Kier alpha value is -1.13. The van der Waals surface area contributed by atoms with Crippen LogP contribution in [0.5, 0.6) is 5.75 Å². The van der Waals surface area contributed by atoms with E-state index in [0.29, 0.717) is 18.7 Å². The standard InChI is InChI=1S/C12H18FNO2/c1-2-3-11(15)8-14-7-9-4-10(13)6-12(16)5-9/h4-6,11,14-16H,2-3,7-8H2,1H3. The van der Waals surface area contributed by atoms with Crippen LogP contribution in [0.2, 0.25) is 0 Å². The van der Waals surface area contributed by atoms with Crippen molar-refractivity contribution in [2.45, 2.75) is 32.4 Å². The SMILES string of the molecule is CCCC(O)CNCc1cc(O)cc(F)c1. The van der Waals surface area contributed by atoms with Gasteiger partial charge in [0.1, 0.15) is 11.6 Å². The number of nitrogens with one attached hydrogen (secondary N) is 1. The lowest BCUT2D eigenvalue weighted by Crippen LogP contribution is -2.26. The van der Waals surface area contributed by atoms with E-state index in [4.69, 9.17) is 5.11 Å². The maximum Gasteiger partial charge on any atom is 0.127 e. The van der Waals surface area contributed by atoms with Gasteiger partial charge in [-0.1, -0.05) is 13.3 Å². The van der Waals surface area contributed by atoms with Crippen molar-refractivity contribution in [3.8, 4) is 5.75 Å². The summed E-state index contributed by atoms with van der Waals surface area (Å²) >= 11 is 0. The Morgan fingerprint density at radius 2 is 2.12 bits per heavy atom. The molecule has 0 aromatic heterocycles. The third-order valence-electron chi connectivity index (χ3n) is 2.27. The number of hydrogen-bond acceptors (Lipinski definition) is 3. The summed E-state index contributed by atoms with van der Waals surface area (Å²) in [6.45, 7) is 2.92. The van der Waals surface area contributed by atoms with E-state index in [0.717, 1.165) is 18.9 Å². The first-order chi connectivity index (χ1) is 7.61. The van der Waals surface area contributed by atoms with E-state index in [1.165, 1.54) is 12.1 Å². The highest BCUT2D eigenvalue weighted by atomic mass is 19.1. The molecule has 3 N–H and O–H groups in total. The zero-order valence-electron chi connectivity index (χ0n) is 9.41. The Labute approximate surface area is 94.9 Å². The second-order valence-corrected chi connectivity index (χ2v) is 3.89.